The summed E-state index contributed by atoms with van der Waals surface area (Å²) in [4.78, 5) is 21.7. The van der Waals surface area contributed by atoms with Crippen molar-refractivity contribution in [2.24, 2.45) is 0 Å². The van der Waals surface area contributed by atoms with Gasteiger partial charge in [0.1, 0.15) is 0 Å². The van der Waals surface area contributed by atoms with Crippen LogP contribution in [0.1, 0.15) is 19.3 Å². The second kappa shape index (κ2) is 5.59. The Hall–Kier alpha value is -1.10. The van der Waals surface area contributed by atoms with Crippen LogP contribution < -0.4 is 10.6 Å². The number of carbonyl (C=O) groups excluding carboxylic acids is 2. The third-order valence-corrected chi connectivity index (χ3v) is 2.29. The van der Waals surface area contributed by atoms with Crippen molar-refractivity contribution >= 4 is 11.9 Å². The SMILES string of the molecule is COC(=O)C(=O)NCC1CCCCN1. The first-order valence-corrected chi connectivity index (χ1v) is 4.83. The minimum atomic E-state index is -0.833. The van der Waals surface area contributed by atoms with Crippen LogP contribution in [-0.4, -0.2) is 38.1 Å². The molecule has 0 bridgehead atoms. The highest BCUT2D eigenvalue weighted by atomic mass is 16.5. The number of rotatable bonds is 2. The number of ether oxygens (including phenoxy) is 1. The Bertz CT molecular complexity index is 212. The van der Waals surface area contributed by atoms with Crippen LogP contribution in [0.3, 0.4) is 0 Å². The highest BCUT2D eigenvalue weighted by molar-refractivity contribution is 6.32. The molecule has 1 heterocycles. The number of methoxy groups -OCH3 is 1. The quantitative estimate of drug-likeness (QED) is 0.462. The Morgan fingerprint density at radius 3 is 2.86 bits per heavy atom. The van der Waals surface area contributed by atoms with Crippen LogP contribution in [0.15, 0.2) is 0 Å². The molecule has 5 heteroatoms. The van der Waals surface area contributed by atoms with E-state index in [1.165, 1.54) is 20.0 Å². The number of hydrogen-bond acceptors (Lipinski definition) is 4. The van der Waals surface area contributed by atoms with E-state index in [4.69, 9.17) is 0 Å². The van der Waals surface area contributed by atoms with Crippen LogP contribution in [0.5, 0.6) is 0 Å². The van der Waals surface area contributed by atoms with Crippen molar-refractivity contribution in [2.75, 3.05) is 20.2 Å². The molecule has 0 saturated carbocycles. The lowest BCUT2D eigenvalue weighted by Gasteiger charge is -2.23. The minimum Gasteiger partial charge on any atom is -0.462 e. The third kappa shape index (κ3) is 3.33. The van der Waals surface area contributed by atoms with Crippen molar-refractivity contribution in [3.05, 3.63) is 0 Å². The molecule has 0 aliphatic carbocycles. The van der Waals surface area contributed by atoms with Crippen molar-refractivity contribution in [3.8, 4) is 0 Å². The molecule has 1 amide bonds. The standard InChI is InChI=1S/C9H16N2O3/c1-14-9(13)8(12)11-6-7-4-2-3-5-10-7/h7,10H,2-6H2,1H3,(H,11,12). The van der Waals surface area contributed by atoms with E-state index < -0.39 is 11.9 Å². The molecular formula is C9H16N2O3. The highest BCUT2D eigenvalue weighted by Crippen LogP contribution is 2.05. The van der Waals surface area contributed by atoms with Gasteiger partial charge in [-0.2, -0.15) is 0 Å². The normalized spacial score (nSPS) is 21.4. The molecule has 1 fully saturated rings. The molecule has 1 atom stereocenters. The van der Waals surface area contributed by atoms with Crippen LogP contribution in [0, 0.1) is 0 Å². The van der Waals surface area contributed by atoms with Crippen molar-refractivity contribution < 1.29 is 14.3 Å². The molecule has 1 saturated heterocycles. The first-order chi connectivity index (χ1) is 6.74. The first-order valence-electron chi connectivity index (χ1n) is 4.83. The summed E-state index contributed by atoms with van der Waals surface area (Å²) < 4.78 is 4.28. The lowest BCUT2D eigenvalue weighted by Crippen LogP contribution is -2.45. The molecule has 80 valence electrons. The van der Waals surface area contributed by atoms with Gasteiger partial charge in [0.05, 0.1) is 7.11 Å². The fourth-order valence-corrected chi connectivity index (χ4v) is 1.48. The zero-order valence-electron chi connectivity index (χ0n) is 8.34. The van der Waals surface area contributed by atoms with Gasteiger partial charge in [-0.3, -0.25) is 4.79 Å². The van der Waals surface area contributed by atoms with Crippen molar-refractivity contribution in [2.45, 2.75) is 25.3 Å². The van der Waals surface area contributed by atoms with E-state index in [1.54, 1.807) is 0 Å². The van der Waals surface area contributed by atoms with Gasteiger partial charge in [0.2, 0.25) is 0 Å². The molecular weight excluding hydrogens is 184 g/mol. The molecule has 1 unspecified atom stereocenters. The molecule has 0 aromatic rings. The number of carbonyl (C=O) groups is 2. The molecule has 2 N–H and O–H groups in total. The Morgan fingerprint density at radius 2 is 2.29 bits per heavy atom. The fourth-order valence-electron chi connectivity index (χ4n) is 1.48. The van der Waals surface area contributed by atoms with Crippen molar-refractivity contribution in [3.63, 3.8) is 0 Å². The van der Waals surface area contributed by atoms with Gasteiger partial charge in [0, 0.05) is 12.6 Å². The predicted octanol–water partition coefficient (Wildman–Crippen LogP) is -0.582. The third-order valence-electron chi connectivity index (χ3n) is 2.29. The van der Waals surface area contributed by atoms with Crippen LogP contribution in [0.4, 0.5) is 0 Å². The Morgan fingerprint density at radius 1 is 1.50 bits per heavy atom. The summed E-state index contributed by atoms with van der Waals surface area (Å²) in [6.07, 6.45) is 3.40. The molecule has 0 spiro atoms. The fraction of sp³-hybridized carbons (Fsp3) is 0.778. The molecule has 0 aromatic carbocycles. The summed E-state index contributed by atoms with van der Waals surface area (Å²) in [6.45, 7) is 1.48. The summed E-state index contributed by atoms with van der Waals surface area (Å²) in [5.41, 5.74) is 0. The summed E-state index contributed by atoms with van der Waals surface area (Å²) in [7, 11) is 1.20. The van der Waals surface area contributed by atoms with Crippen LogP contribution >= 0.6 is 0 Å². The first kappa shape index (κ1) is 11.0. The molecule has 0 aromatic heterocycles. The monoisotopic (exact) mass is 200 g/mol. The zero-order chi connectivity index (χ0) is 10.4. The van der Waals surface area contributed by atoms with E-state index in [0.29, 0.717) is 6.54 Å². The Balaban J connectivity index is 2.18. The van der Waals surface area contributed by atoms with Gasteiger partial charge in [0.15, 0.2) is 0 Å². The number of nitrogens with one attached hydrogen (secondary N) is 2. The Kier molecular flexibility index (Phi) is 4.39. The lowest BCUT2D eigenvalue weighted by atomic mass is 10.1. The van der Waals surface area contributed by atoms with Crippen LogP contribution in [-0.2, 0) is 14.3 Å². The molecule has 1 rings (SSSR count). The van der Waals surface area contributed by atoms with Gasteiger partial charge in [-0.25, -0.2) is 4.79 Å². The number of piperidine rings is 1. The van der Waals surface area contributed by atoms with Crippen molar-refractivity contribution in [1.82, 2.24) is 10.6 Å². The molecule has 14 heavy (non-hydrogen) atoms. The molecule has 1 aliphatic heterocycles. The van der Waals surface area contributed by atoms with Crippen LogP contribution in [0.25, 0.3) is 0 Å². The van der Waals surface area contributed by atoms with E-state index >= 15 is 0 Å². The summed E-state index contributed by atoms with van der Waals surface area (Å²) >= 11 is 0. The highest BCUT2D eigenvalue weighted by Gasteiger charge is 2.17. The average molecular weight is 200 g/mol. The summed E-state index contributed by atoms with van der Waals surface area (Å²) in [6, 6.07) is 0.289. The second-order valence-electron chi connectivity index (χ2n) is 3.35. The van der Waals surface area contributed by atoms with E-state index in [9.17, 15) is 9.59 Å². The number of hydrogen-bond donors (Lipinski definition) is 2. The maximum atomic E-state index is 11.0. The topological polar surface area (TPSA) is 67.4 Å². The largest absolute Gasteiger partial charge is 0.462 e. The van der Waals surface area contributed by atoms with Crippen molar-refractivity contribution in [1.29, 1.82) is 0 Å². The smallest absolute Gasteiger partial charge is 0.396 e. The molecule has 5 nitrogen and oxygen atoms in total. The van der Waals surface area contributed by atoms with Gasteiger partial charge in [0.25, 0.3) is 0 Å². The van der Waals surface area contributed by atoms with E-state index in [1.807, 2.05) is 0 Å². The van der Waals surface area contributed by atoms with E-state index in [2.05, 4.69) is 15.4 Å². The average Bonchev–Trinajstić information content (AvgIpc) is 2.26. The molecule has 1 aliphatic rings. The maximum absolute atomic E-state index is 11.0. The maximum Gasteiger partial charge on any atom is 0.396 e. The van der Waals surface area contributed by atoms with Gasteiger partial charge in [-0.05, 0) is 19.4 Å². The molecule has 0 radical (unpaired) electrons. The van der Waals surface area contributed by atoms with Crippen LogP contribution in [0.2, 0.25) is 0 Å². The van der Waals surface area contributed by atoms with Gasteiger partial charge < -0.3 is 15.4 Å². The van der Waals surface area contributed by atoms with E-state index in [-0.39, 0.29) is 6.04 Å². The zero-order valence-corrected chi connectivity index (χ0v) is 8.34. The summed E-state index contributed by atoms with van der Waals surface area (Å²) in [5, 5.41) is 5.79. The van der Waals surface area contributed by atoms with E-state index in [0.717, 1.165) is 13.0 Å². The predicted molar refractivity (Wildman–Crippen MR) is 50.7 cm³/mol. The number of esters is 1. The second-order valence-corrected chi connectivity index (χ2v) is 3.35. The van der Waals surface area contributed by atoms with Gasteiger partial charge in [-0.1, -0.05) is 6.42 Å². The van der Waals surface area contributed by atoms with Gasteiger partial charge >= 0.3 is 11.9 Å². The Labute approximate surface area is 83.2 Å². The van der Waals surface area contributed by atoms with Gasteiger partial charge in [-0.15, -0.1) is 0 Å². The minimum absolute atomic E-state index is 0.289. The number of amides is 1. The lowest BCUT2D eigenvalue weighted by molar-refractivity contribution is -0.152. The summed E-state index contributed by atoms with van der Waals surface area (Å²) in [5.74, 6) is -1.50.